The number of rotatable bonds is 0. The van der Waals surface area contributed by atoms with Gasteiger partial charge in [-0.05, 0) is 28.7 Å². The molecule has 0 saturated carbocycles. The van der Waals surface area contributed by atoms with Crippen LogP contribution in [0.5, 0.6) is 0 Å². The van der Waals surface area contributed by atoms with Crippen molar-refractivity contribution in [3.05, 3.63) is 59.7 Å². The van der Waals surface area contributed by atoms with Crippen molar-refractivity contribution < 1.29 is 0 Å². The molecule has 6 radical (unpaired) electrons. The first-order valence-corrected chi connectivity index (χ1v) is 4.61. The maximum Gasteiger partial charge on any atom is 0 e. The van der Waals surface area contributed by atoms with E-state index >= 15 is 0 Å². The Morgan fingerprint density at radius 3 is 1.53 bits per heavy atom. The van der Waals surface area contributed by atoms with Crippen LogP contribution in [0.2, 0.25) is 0 Å². The van der Waals surface area contributed by atoms with Gasteiger partial charge in [0, 0.05) is 47.6 Å². The molecule has 15 heavy (non-hydrogen) atoms. The van der Waals surface area contributed by atoms with Gasteiger partial charge in [-0.25, -0.2) is 0 Å². The van der Waals surface area contributed by atoms with Crippen LogP contribution in [0, 0.1) is 0 Å². The molecule has 0 bridgehead atoms. The Labute approximate surface area is 124 Å². The number of hydrogen-bond donors (Lipinski definition) is 0. The Morgan fingerprint density at radius 1 is 0.667 bits per heavy atom. The van der Waals surface area contributed by atoms with Crippen molar-refractivity contribution in [2.75, 3.05) is 0 Å². The van der Waals surface area contributed by atoms with Crippen molar-refractivity contribution in [3.63, 3.8) is 0 Å². The van der Waals surface area contributed by atoms with Crippen molar-refractivity contribution in [1.82, 2.24) is 0 Å². The molecule has 1 aliphatic rings. The first-order valence-electron chi connectivity index (χ1n) is 4.61. The standard InChI is InChI=1S/C13H10.Sn.Te/c1-3-7-12-10(5-1)9-11-6-2-4-8-13(11)12;;/h1-8H,9H2;;. The largest absolute Gasteiger partial charge is 0.0619 e. The summed E-state index contributed by atoms with van der Waals surface area (Å²) in [6, 6.07) is 17.3. The van der Waals surface area contributed by atoms with E-state index in [1.165, 1.54) is 22.3 Å². The van der Waals surface area contributed by atoms with Crippen molar-refractivity contribution >= 4 is 47.6 Å². The molecule has 0 heterocycles. The average molecular weight is 413 g/mol. The van der Waals surface area contributed by atoms with Gasteiger partial charge in [0.1, 0.15) is 0 Å². The van der Waals surface area contributed by atoms with E-state index in [0.29, 0.717) is 0 Å². The number of hydrogen-bond acceptors (Lipinski definition) is 0. The summed E-state index contributed by atoms with van der Waals surface area (Å²) in [5.74, 6) is 0. The zero-order chi connectivity index (χ0) is 8.67. The van der Waals surface area contributed by atoms with Crippen LogP contribution in [-0.4, -0.2) is 47.6 Å². The summed E-state index contributed by atoms with van der Waals surface area (Å²) in [5.41, 5.74) is 5.75. The fourth-order valence-corrected chi connectivity index (χ4v) is 2.08. The summed E-state index contributed by atoms with van der Waals surface area (Å²) >= 11 is 0. The van der Waals surface area contributed by atoms with Gasteiger partial charge < -0.3 is 0 Å². The van der Waals surface area contributed by atoms with Crippen molar-refractivity contribution in [2.24, 2.45) is 0 Å². The molecule has 2 aromatic rings. The summed E-state index contributed by atoms with van der Waals surface area (Å²) in [5, 5.41) is 0. The van der Waals surface area contributed by atoms with Crippen LogP contribution in [0.3, 0.4) is 0 Å². The van der Waals surface area contributed by atoms with E-state index < -0.39 is 0 Å². The van der Waals surface area contributed by atoms with E-state index in [1.807, 2.05) is 0 Å². The van der Waals surface area contributed by atoms with Gasteiger partial charge in [0.15, 0.2) is 0 Å². The predicted molar refractivity (Wildman–Crippen MR) is 66.2 cm³/mol. The Bertz CT molecular complexity index is 422. The molecule has 2 heteroatoms. The summed E-state index contributed by atoms with van der Waals surface area (Å²) in [4.78, 5) is 0. The molecule has 2 aromatic carbocycles. The zero-order valence-electron chi connectivity index (χ0n) is 8.23. The third kappa shape index (κ3) is 2.25. The van der Waals surface area contributed by atoms with Crippen molar-refractivity contribution in [3.8, 4) is 11.1 Å². The van der Waals surface area contributed by atoms with E-state index in [2.05, 4.69) is 48.5 Å². The first kappa shape index (κ1) is 13.1. The van der Waals surface area contributed by atoms with Gasteiger partial charge in [0.25, 0.3) is 0 Å². The SMILES string of the molecule is [Sn].[Te].c1ccc2c(c1)Cc1ccccc1-2. The molecule has 0 atom stereocenters. The van der Waals surface area contributed by atoms with Crippen LogP contribution in [0.25, 0.3) is 11.1 Å². The maximum atomic E-state index is 2.22. The van der Waals surface area contributed by atoms with E-state index in [0.717, 1.165) is 6.42 Å². The number of fused-ring (bicyclic) bond motifs is 3. The molecule has 0 unspecified atom stereocenters. The Kier molecular flexibility index (Phi) is 4.70. The second kappa shape index (κ2) is 5.38. The molecule has 0 aliphatic heterocycles. The molecular weight excluding hydrogens is 402 g/mol. The molecule has 0 saturated heterocycles. The molecular formula is C13H10SnTe. The van der Waals surface area contributed by atoms with Crippen LogP contribution in [0.1, 0.15) is 11.1 Å². The average Bonchev–Trinajstić information content (AvgIpc) is 2.56. The van der Waals surface area contributed by atoms with E-state index in [4.69, 9.17) is 0 Å². The van der Waals surface area contributed by atoms with Crippen LogP contribution < -0.4 is 0 Å². The molecule has 0 spiro atoms. The van der Waals surface area contributed by atoms with E-state index in [1.54, 1.807) is 0 Å². The molecule has 1 aliphatic carbocycles. The number of benzene rings is 2. The minimum Gasteiger partial charge on any atom is -0.0619 e. The molecule has 0 nitrogen and oxygen atoms in total. The van der Waals surface area contributed by atoms with E-state index in [9.17, 15) is 0 Å². The molecule has 0 fully saturated rings. The normalized spacial score (nSPS) is 10.7. The Hall–Kier alpha value is 0.0283. The Balaban J connectivity index is 0.000000562. The van der Waals surface area contributed by atoms with Gasteiger partial charge in [-0.2, -0.15) is 0 Å². The van der Waals surface area contributed by atoms with Crippen LogP contribution >= 0.6 is 0 Å². The van der Waals surface area contributed by atoms with Crippen molar-refractivity contribution in [1.29, 1.82) is 0 Å². The van der Waals surface area contributed by atoms with Crippen LogP contribution in [0.4, 0.5) is 0 Å². The first-order chi connectivity index (χ1) is 6.45. The minimum atomic E-state index is 0. The van der Waals surface area contributed by atoms with Gasteiger partial charge in [-0.3, -0.25) is 0 Å². The zero-order valence-corrected chi connectivity index (χ0v) is 13.4. The van der Waals surface area contributed by atoms with Gasteiger partial charge in [0.2, 0.25) is 0 Å². The molecule has 0 aromatic heterocycles. The summed E-state index contributed by atoms with van der Waals surface area (Å²) in [6.45, 7) is 0. The van der Waals surface area contributed by atoms with E-state index in [-0.39, 0.29) is 47.6 Å². The Morgan fingerprint density at radius 2 is 1.07 bits per heavy atom. The summed E-state index contributed by atoms with van der Waals surface area (Å²) in [7, 11) is 0. The fourth-order valence-electron chi connectivity index (χ4n) is 2.08. The summed E-state index contributed by atoms with van der Waals surface area (Å²) in [6.07, 6.45) is 1.10. The predicted octanol–water partition coefficient (Wildman–Crippen LogP) is 2.50. The third-order valence-corrected chi connectivity index (χ3v) is 2.71. The second-order valence-corrected chi connectivity index (χ2v) is 3.49. The van der Waals surface area contributed by atoms with Crippen molar-refractivity contribution in [2.45, 2.75) is 6.42 Å². The monoisotopic (exact) mass is 416 g/mol. The second-order valence-electron chi connectivity index (χ2n) is 3.49. The topological polar surface area (TPSA) is 0 Å². The smallest absolute Gasteiger partial charge is 0 e. The third-order valence-electron chi connectivity index (χ3n) is 2.71. The van der Waals surface area contributed by atoms with Gasteiger partial charge >= 0.3 is 0 Å². The summed E-state index contributed by atoms with van der Waals surface area (Å²) < 4.78 is 0. The molecule has 3 rings (SSSR count). The maximum absolute atomic E-state index is 2.22. The fraction of sp³-hybridized carbons (Fsp3) is 0.0769. The van der Waals surface area contributed by atoms with Gasteiger partial charge in [-0.1, -0.05) is 48.5 Å². The molecule has 72 valence electrons. The van der Waals surface area contributed by atoms with Gasteiger partial charge in [0.05, 0.1) is 0 Å². The van der Waals surface area contributed by atoms with Crippen LogP contribution in [-0.2, 0) is 6.42 Å². The molecule has 0 amide bonds. The quantitative estimate of drug-likeness (QED) is 0.498. The van der Waals surface area contributed by atoms with Gasteiger partial charge in [-0.15, -0.1) is 0 Å². The minimum absolute atomic E-state index is 0. The molecule has 0 N–H and O–H groups in total. The van der Waals surface area contributed by atoms with Crippen LogP contribution in [0.15, 0.2) is 48.5 Å².